The molecule has 0 saturated carbocycles. The number of carbonyl (C=O) groups is 2. The second-order valence-electron chi connectivity index (χ2n) is 5.83. The van der Waals surface area contributed by atoms with Crippen molar-refractivity contribution in [3.63, 3.8) is 0 Å². The molecule has 10 heteroatoms. The summed E-state index contributed by atoms with van der Waals surface area (Å²) in [4.78, 5) is 23.7. The summed E-state index contributed by atoms with van der Waals surface area (Å²) in [5, 5.41) is 10.8. The van der Waals surface area contributed by atoms with Crippen LogP contribution in [0.3, 0.4) is 0 Å². The van der Waals surface area contributed by atoms with E-state index in [9.17, 15) is 18.0 Å². The van der Waals surface area contributed by atoms with Gasteiger partial charge in [0.15, 0.2) is 6.61 Å². The number of amides is 1. The number of nitriles is 1. The number of carbonyl (C=O) groups excluding carboxylic acids is 2. The molecule has 2 rings (SSSR count). The predicted octanol–water partition coefficient (Wildman–Crippen LogP) is 0.203. The lowest BCUT2D eigenvalue weighted by Gasteiger charge is -2.26. The van der Waals surface area contributed by atoms with E-state index in [2.05, 4.69) is 5.32 Å². The number of sulfonamides is 1. The number of nitrogens with zero attached hydrogens (tertiary/aromatic N) is 2. The fourth-order valence-corrected chi connectivity index (χ4v) is 4.11. The summed E-state index contributed by atoms with van der Waals surface area (Å²) < 4.78 is 37.1. The largest absolute Gasteiger partial charge is 0.452 e. The quantitative estimate of drug-likeness (QED) is 0.516. The Morgan fingerprint density at radius 1 is 1.33 bits per heavy atom. The third-order valence-electron chi connectivity index (χ3n) is 3.91. The van der Waals surface area contributed by atoms with Gasteiger partial charge in [0.1, 0.15) is 0 Å². The van der Waals surface area contributed by atoms with Gasteiger partial charge < -0.3 is 14.8 Å². The van der Waals surface area contributed by atoms with Crippen molar-refractivity contribution >= 4 is 21.9 Å². The Balaban J connectivity index is 2.08. The van der Waals surface area contributed by atoms with E-state index < -0.39 is 28.5 Å². The molecule has 1 aromatic carbocycles. The standard InChI is InChI=1S/C17H21N3O6S/c1-13-3-4-14(17(22)26-12-16(21)19-6-2-5-18)11-15(13)27(23,24)20-7-9-25-10-8-20/h3-4,11H,2,6-10,12H2,1H3,(H,19,21). The second kappa shape index (κ2) is 9.45. The Hall–Kier alpha value is -2.48. The van der Waals surface area contributed by atoms with Crippen LogP contribution in [-0.2, 0) is 24.3 Å². The van der Waals surface area contributed by atoms with E-state index in [1.165, 1.54) is 22.5 Å². The average Bonchev–Trinajstić information content (AvgIpc) is 2.67. The van der Waals surface area contributed by atoms with Crippen molar-refractivity contribution in [2.75, 3.05) is 39.5 Å². The molecule has 1 amide bonds. The number of hydrogen-bond donors (Lipinski definition) is 1. The Kier molecular flexibility index (Phi) is 7.29. The van der Waals surface area contributed by atoms with Crippen LogP contribution in [0.15, 0.2) is 23.1 Å². The fraction of sp³-hybridized carbons (Fsp3) is 0.471. The molecule has 27 heavy (non-hydrogen) atoms. The van der Waals surface area contributed by atoms with Crippen LogP contribution in [0.1, 0.15) is 22.3 Å². The van der Waals surface area contributed by atoms with Crippen molar-refractivity contribution in [1.29, 1.82) is 5.26 Å². The summed E-state index contributed by atoms with van der Waals surface area (Å²) in [5.41, 5.74) is 0.546. The predicted molar refractivity (Wildman–Crippen MR) is 94.3 cm³/mol. The number of ether oxygens (including phenoxy) is 2. The number of benzene rings is 1. The summed E-state index contributed by atoms with van der Waals surface area (Å²) >= 11 is 0. The highest BCUT2D eigenvalue weighted by atomic mass is 32.2. The van der Waals surface area contributed by atoms with Crippen molar-refractivity contribution in [3.8, 4) is 6.07 Å². The van der Waals surface area contributed by atoms with E-state index in [1.807, 2.05) is 6.07 Å². The Labute approximate surface area is 157 Å². The summed E-state index contributed by atoms with van der Waals surface area (Å²) in [5.74, 6) is -1.34. The maximum absolute atomic E-state index is 12.8. The molecule has 1 aromatic rings. The van der Waals surface area contributed by atoms with E-state index in [4.69, 9.17) is 14.7 Å². The third-order valence-corrected chi connectivity index (χ3v) is 5.95. The third kappa shape index (κ3) is 5.50. The minimum Gasteiger partial charge on any atom is -0.452 e. The number of hydrogen-bond acceptors (Lipinski definition) is 7. The highest BCUT2D eigenvalue weighted by Crippen LogP contribution is 2.22. The van der Waals surface area contributed by atoms with Crippen LogP contribution in [0.4, 0.5) is 0 Å². The number of aryl methyl sites for hydroxylation is 1. The zero-order valence-electron chi connectivity index (χ0n) is 14.9. The lowest BCUT2D eigenvalue weighted by atomic mass is 10.1. The van der Waals surface area contributed by atoms with Gasteiger partial charge in [0.05, 0.1) is 36.2 Å². The van der Waals surface area contributed by atoms with Gasteiger partial charge in [-0.25, -0.2) is 13.2 Å². The van der Waals surface area contributed by atoms with Crippen molar-refractivity contribution in [2.45, 2.75) is 18.2 Å². The van der Waals surface area contributed by atoms with Crippen LogP contribution in [-0.4, -0.2) is 64.1 Å². The molecule has 9 nitrogen and oxygen atoms in total. The van der Waals surface area contributed by atoms with E-state index in [-0.39, 0.29) is 36.5 Å². The second-order valence-corrected chi connectivity index (χ2v) is 7.74. The molecule has 0 spiro atoms. The number of rotatable bonds is 7. The van der Waals surface area contributed by atoms with E-state index in [0.717, 1.165) is 0 Å². The van der Waals surface area contributed by atoms with Crippen molar-refractivity contribution < 1.29 is 27.5 Å². The van der Waals surface area contributed by atoms with Crippen LogP contribution in [0, 0.1) is 18.3 Å². The molecule has 146 valence electrons. The van der Waals surface area contributed by atoms with E-state index in [1.54, 1.807) is 6.92 Å². The maximum Gasteiger partial charge on any atom is 0.338 e. The SMILES string of the molecule is Cc1ccc(C(=O)OCC(=O)NCCC#N)cc1S(=O)(=O)N1CCOCC1. The van der Waals surface area contributed by atoms with Gasteiger partial charge >= 0.3 is 5.97 Å². The molecule has 1 saturated heterocycles. The van der Waals surface area contributed by atoms with Gasteiger partial charge in [-0.2, -0.15) is 9.57 Å². The molecule has 0 radical (unpaired) electrons. The summed E-state index contributed by atoms with van der Waals surface area (Å²) in [6, 6.07) is 6.11. The summed E-state index contributed by atoms with van der Waals surface area (Å²) in [7, 11) is -3.76. The average molecular weight is 395 g/mol. The van der Waals surface area contributed by atoms with Gasteiger partial charge in [0.25, 0.3) is 5.91 Å². The van der Waals surface area contributed by atoms with Crippen LogP contribution in [0.5, 0.6) is 0 Å². The van der Waals surface area contributed by atoms with Gasteiger partial charge in [-0.05, 0) is 24.6 Å². The Bertz CT molecular complexity index is 841. The molecule has 0 unspecified atom stereocenters. The van der Waals surface area contributed by atoms with Crippen molar-refractivity contribution in [1.82, 2.24) is 9.62 Å². The number of morpholine rings is 1. The molecule has 1 fully saturated rings. The first-order valence-electron chi connectivity index (χ1n) is 8.35. The molecule has 0 bridgehead atoms. The zero-order chi connectivity index (χ0) is 19.9. The van der Waals surface area contributed by atoms with E-state index in [0.29, 0.717) is 18.8 Å². The first-order chi connectivity index (χ1) is 12.9. The lowest BCUT2D eigenvalue weighted by Crippen LogP contribution is -2.40. The molecule has 1 heterocycles. The molecule has 0 atom stereocenters. The Morgan fingerprint density at radius 3 is 2.70 bits per heavy atom. The first-order valence-corrected chi connectivity index (χ1v) is 9.79. The minimum atomic E-state index is -3.76. The maximum atomic E-state index is 12.8. The van der Waals surface area contributed by atoms with Gasteiger partial charge in [0, 0.05) is 19.6 Å². The van der Waals surface area contributed by atoms with Gasteiger partial charge in [-0.3, -0.25) is 4.79 Å². The number of nitrogens with one attached hydrogen (secondary N) is 1. The first kappa shape index (κ1) is 20.8. The fourth-order valence-electron chi connectivity index (χ4n) is 2.45. The van der Waals surface area contributed by atoms with Crippen molar-refractivity contribution in [2.24, 2.45) is 0 Å². The van der Waals surface area contributed by atoms with Crippen LogP contribution in [0.2, 0.25) is 0 Å². The highest BCUT2D eigenvalue weighted by Gasteiger charge is 2.28. The Morgan fingerprint density at radius 2 is 2.04 bits per heavy atom. The topological polar surface area (TPSA) is 126 Å². The van der Waals surface area contributed by atoms with E-state index >= 15 is 0 Å². The molecule has 1 aliphatic rings. The van der Waals surface area contributed by atoms with Gasteiger partial charge in [0.2, 0.25) is 10.0 Å². The zero-order valence-corrected chi connectivity index (χ0v) is 15.8. The van der Waals surface area contributed by atoms with Crippen molar-refractivity contribution in [3.05, 3.63) is 29.3 Å². The molecule has 0 aromatic heterocycles. The molecule has 1 aliphatic heterocycles. The highest BCUT2D eigenvalue weighted by molar-refractivity contribution is 7.89. The smallest absolute Gasteiger partial charge is 0.338 e. The lowest BCUT2D eigenvalue weighted by molar-refractivity contribution is -0.124. The van der Waals surface area contributed by atoms with Crippen LogP contribution < -0.4 is 5.32 Å². The minimum absolute atomic E-state index is 0.0253. The van der Waals surface area contributed by atoms with Crippen LogP contribution in [0.25, 0.3) is 0 Å². The van der Waals surface area contributed by atoms with Gasteiger partial charge in [-0.1, -0.05) is 6.07 Å². The summed E-state index contributed by atoms with van der Waals surface area (Å²) in [6.07, 6.45) is 0.153. The molecular weight excluding hydrogens is 374 g/mol. The van der Waals surface area contributed by atoms with Gasteiger partial charge in [-0.15, -0.1) is 0 Å². The normalized spacial score (nSPS) is 15.0. The monoisotopic (exact) mass is 395 g/mol. The summed E-state index contributed by atoms with van der Waals surface area (Å²) in [6.45, 7) is 2.44. The van der Waals surface area contributed by atoms with Crippen LogP contribution >= 0.6 is 0 Å². The molecule has 1 N–H and O–H groups in total. The molecular formula is C17H21N3O6S. The molecule has 0 aliphatic carbocycles. The number of esters is 1.